The average Bonchev–Trinajstić information content (AvgIpc) is 3.22. The van der Waals surface area contributed by atoms with Crippen LogP contribution in [0.15, 0.2) is 48.5 Å². The van der Waals surface area contributed by atoms with Crippen LogP contribution in [-0.2, 0) is 4.79 Å². The van der Waals surface area contributed by atoms with E-state index in [0.29, 0.717) is 27.2 Å². The Hall–Kier alpha value is -3.46. The van der Waals surface area contributed by atoms with Crippen molar-refractivity contribution in [2.24, 2.45) is 0 Å². The third-order valence-electron chi connectivity index (χ3n) is 4.06. The summed E-state index contributed by atoms with van der Waals surface area (Å²) in [5, 5.41) is 14.4. The number of carbonyl (C=O) groups is 2. The van der Waals surface area contributed by atoms with Gasteiger partial charge in [0.1, 0.15) is 22.5 Å². The molecule has 2 amide bonds. The number of carbonyl (C=O) groups excluding carboxylic acids is 2. The van der Waals surface area contributed by atoms with Crippen LogP contribution in [0.3, 0.4) is 0 Å². The van der Waals surface area contributed by atoms with Crippen LogP contribution in [0.5, 0.6) is 11.5 Å². The molecule has 9 heteroatoms. The number of benzene rings is 2. The van der Waals surface area contributed by atoms with Crippen molar-refractivity contribution in [1.29, 1.82) is 0 Å². The topological polar surface area (TPSA) is 102 Å². The maximum absolute atomic E-state index is 12.4. The highest BCUT2D eigenvalue weighted by atomic mass is 32.1. The lowest BCUT2D eigenvalue weighted by Gasteiger charge is -2.13. The van der Waals surface area contributed by atoms with Crippen molar-refractivity contribution in [1.82, 2.24) is 15.5 Å². The number of amides is 2. The van der Waals surface area contributed by atoms with Crippen molar-refractivity contribution in [3.8, 4) is 22.1 Å². The molecule has 0 spiro atoms. The summed E-state index contributed by atoms with van der Waals surface area (Å²) in [7, 11) is 3.14. The molecule has 0 bridgehead atoms. The van der Waals surface area contributed by atoms with Crippen LogP contribution in [0.4, 0.5) is 5.13 Å². The molecule has 1 aromatic heterocycles. The first kappa shape index (κ1) is 20.3. The minimum atomic E-state index is -0.756. The van der Waals surface area contributed by atoms with E-state index in [1.807, 2.05) is 24.3 Å². The Bertz CT molecular complexity index is 1000. The van der Waals surface area contributed by atoms with Gasteiger partial charge >= 0.3 is 0 Å². The Balaban J connectivity index is 1.60. The number of anilines is 1. The second kappa shape index (κ2) is 9.16. The highest BCUT2D eigenvalue weighted by Crippen LogP contribution is 2.28. The van der Waals surface area contributed by atoms with E-state index in [9.17, 15) is 9.59 Å². The zero-order chi connectivity index (χ0) is 20.8. The maximum Gasteiger partial charge on any atom is 0.251 e. The summed E-state index contributed by atoms with van der Waals surface area (Å²) < 4.78 is 10.3. The number of nitrogens with zero attached hydrogens (tertiary/aromatic N) is 2. The van der Waals surface area contributed by atoms with Gasteiger partial charge in [0.2, 0.25) is 11.0 Å². The van der Waals surface area contributed by atoms with E-state index in [4.69, 9.17) is 9.47 Å². The highest BCUT2D eigenvalue weighted by molar-refractivity contribution is 7.18. The van der Waals surface area contributed by atoms with Crippen molar-refractivity contribution in [2.45, 2.75) is 13.0 Å². The van der Waals surface area contributed by atoms with Crippen molar-refractivity contribution in [3.05, 3.63) is 54.1 Å². The third-order valence-corrected chi connectivity index (χ3v) is 4.95. The van der Waals surface area contributed by atoms with Crippen molar-refractivity contribution < 1.29 is 19.1 Å². The minimum absolute atomic E-state index is 0.346. The van der Waals surface area contributed by atoms with E-state index >= 15 is 0 Å². The molecule has 29 heavy (non-hydrogen) atoms. The van der Waals surface area contributed by atoms with E-state index < -0.39 is 6.04 Å². The van der Waals surface area contributed by atoms with Crippen LogP contribution in [0.25, 0.3) is 10.6 Å². The molecule has 0 saturated carbocycles. The number of hydrogen-bond donors (Lipinski definition) is 2. The summed E-state index contributed by atoms with van der Waals surface area (Å²) in [6.45, 7) is 1.60. The van der Waals surface area contributed by atoms with Crippen molar-refractivity contribution in [2.75, 3.05) is 19.5 Å². The third kappa shape index (κ3) is 5.08. The molecule has 1 atom stereocenters. The molecule has 0 aliphatic rings. The SMILES string of the molecule is COc1ccc(C(=O)NC(C)C(=O)Nc2nnc(-c3cccc(OC)c3)s2)cc1. The van der Waals surface area contributed by atoms with Crippen LogP contribution in [0.2, 0.25) is 0 Å². The van der Waals surface area contributed by atoms with Gasteiger partial charge in [0.25, 0.3) is 5.91 Å². The van der Waals surface area contributed by atoms with Crippen LogP contribution >= 0.6 is 11.3 Å². The fourth-order valence-corrected chi connectivity index (χ4v) is 3.19. The van der Waals surface area contributed by atoms with Gasteiger partial charge < -0.3 is 14.8 Å². The lowest BCUT2D eigenvalue weighted by Crippen LogP contribution is -2.41. The smallest absolute Gasteiger partial charge is 0.251 e. The molecule has 2 aromatic carbocycles. The number of hydrogen-bond acceptors (Lipinski definition) is 7. The van der Waals surface area contributed by atoms with E-state index in [2.05, 4.69) is 20.8 Å². The lowest BCUT2D eigenvalue weighted by molar-refractivity contribution is -0.117. The van der Waals surface area contributed by atoms with Crippen molar-refractivity contribution in [3.63, 3.8) is 0 Å². The molecule has 0 saturated heterocycles. The predicted octanol–water partition coefficient (Wildman–Crippen LogP) is 2.98. The second-order valence-corrected chi connectivity index (χ2v) is 7.03. The number of rotatable bonds is 7. The Kier molecular flexibility index (Phi) is 6.40. The molecule has 0 aliphatic carbocycles. The van der Waals surface area contributed by atoms with E-state index in [-0.39, 0.29) is 11.8 Å². The molecule has 2 N–H and O–H groups in total. The molecule has 0 radical (unpaired) electrons. The first-order valence-corrected chi connectivity index (χ1v) is 9.55. The van der Waals surface area contributed by atoms with E-state index in [1.165, 1.54) is 11.3 Å². The Morgan fingerprint density at radius 3 is 2.41 bits per heavy atom. The molecule has 1 heterocycles. The molecule has 1 unspecified atom stereocenters. The monoisotopic (exact) mass is 412 g/mol. The molecule has 0 aliphatic heterocycles. The van der Waals surface area contributed by atoms with Gasteiger partial charge in [0, 0.05) is 11.1 Å². The van der Waals surface area contributed by atoms with E-state index in [0.717, 1.165) is 5.56 Å². The summed E-state index contributed by atoms with van der Waals surface area (Å²) >= 11 is 1.23. The van der Waals surface area contributed by atoms with Gasteiger partial charge in [-0.25, -0.2) is 0 Å². The fraction of sp³-hybridized carbons (Fsp3) is 0.200. The molecule has 150 valence electrons. The molecule has 3 aromatic rings. The molecular weight excluding hydrogens is 392 g/mol. The summed E-state index contributed by atoms with van der Waals surface area (Å²) in [6, 6.07) is 13.3. The van der Waals surface area contributed by atoms with Gasteiger partial charge in [-0.2, -0.15) is 0 Å². The standard InChI is InChI=1S/C20H20N4O4S/c1-12(21-18(26)13-7-9-15(27-2)10-8-13)17(25)22-20-24-23-19(29-20)14-5-4-6-16(11-14)28-3/h4-12H,1-3H3,(H,21,26)(H,22,24,25). The van der Waals surface area contributed by atoms with Gasteiger partial charge in [-0.15, -0.1) is 10.2 Å². The summed E-state index contributed by atoms with van der Waals surface area (Å²) in [5.41, 5.74) is 1.27. The van der Waals surface area contributed by atoms with Crippen LogP contribution in [0, 0.1) is 0 Å². The zero-order valence-electron chi connectivity index (χ0n) is 16.1. The number of methoxy groups -OCH3 is 2. The van der Waals surface area contributed by atoms with Gasteiger partial charge in [-0.05, 0) is 43.3 Å². The largest absolute Gasteiger partial charge is 0.497 e. The first-order chi connectivity index (χ1) is 14.0. The predicted molar refractivity (Wildman–Crippen MR) is 110 cm³/mol. The van der Waals surface area contributed by atoms with E-state index in [1.54, 1.807) is 45.4 Å². The van der Waals surface area contributed by atoms with Gasteiger partial charge in [-0.1, -0.05) is 23.5 Å². The zero-order valence-corrected chi connectivity index (χ0v) is 16.9. The molecule has 3 rings (SSSR count). The average molecular weight is 412 g/mol. The summed E-state index contributed by atoms with van der Waals surface area (Å²) in [4.78, 5) is 24.7. The minimum Gasteiger partial charge on any atom is -0.497 e. The number of aromatic nitrogens is 2. The molecule has 0 fully saturated rings. The van der Waals surface area contributed by atoms with Crippen LogP contribution < -0.4 is 20.1 Å². The summed E-state index contributed by atoms with van der Waals surface area (Å²) in [6.07, 6.45) is 0. The van der Waals surface area contributed by atoms with Crippen molar-refractivity contribution >= 4 is 28.3 Å². The maximum atomic E-state index is 12.4. The number of nitrogens with one attached hydrogen (secondary N) is 2. The Labute approximate surface area is 171 Å². The van der Waals surface area contributed by atoms with Gasteiger partial charge in [0.15, 0.2) is 0 Å². The molecular formula is C20H20N4O4S. The first-order valence-electron chi connectivity index (χ1n) is 8.74. The Morgan fingerprint density at radius 2 is 1.72 bits per heavy atom. The van der Waals surface area contributed by atoms with Gasteiger partial charge in [-0.3, -0.25) is 14.9 Å². The molecule has 8 nitrogen and oxygen atoms in total. The number of ether oxygens (including phenoxy) is 2. The summed E-state index contributed by atoms with van der Waals surface area (Å²) in [5.74, 6) is 0.610. The quantitative estimate of drug-likeness (QED) is 0.619. The highest BCUT2D eigenvalue weighted by Gasteiger charge is 2.18. The lowest BCUT2D eigenvalue weighted by atomic mass is 10.2. The normalized spacial score (nSPS) is 11.4. The second-order valence-electron chi connectivity index (χ2n) is 6.06. The van der Waals surface area contributed by atoms with Crippen LogP contribution in [-0.4, -0.2) is 42.3 Å². The Morgan fingerprint density at radius 1 is 1.00 bits per heavy atom. The van der Waals surface area contributed by atoms with Gasteiger partial charge in [0.05, 0.1) is 14.2 Å². The van der Waals surface area contributed by atoms with Crippen LogP contribution in [0.1, 0.15) is 17.3 Å². The fourth-order valence-electron chi connectivity index (χ4n) is 2.45.